The third-order valence-electron chi connectivity index (χ3n) is 2.45. The van der Waals surface area contributed by atoms with Gasteiger partial charge in [-0.25, -0.2) is 4.21 Å². The lowest BCUT2D eigenvalue weighted by Gasteiger charge is -2.16. The Hall–Kier alpha value is -1.03. The van der Waals surface area contributed by atoms with Crippen molar-refractivity contribution in [2.24, 2.45) is 0 Å². The van der Waals surface area contributed by atoms with Crippen LogP contribution in [0.2, 0.25) is 0 Å². The minimum absolute atomic E-state index is 0.670. The number of hydrogen-bond acceptors (Lipinski definition) is 2. The highest BCUT2D eigenvalue weighted by Crippen LogP contribution is 2.30. The lowest BCUT2D eigenvalue weighted by molar-refractivity contribution is 0.681. The minimum atomic E-state index is -0.878. The first-order valence-electron chi connectivity index (χ1n) is 4.77. The zero-order chi connectivity index (χ0) is 10.1. The smallest absolute Gasteiger partial charge is 0.119 e. The van der Waals surface area contributed by atoms with Crippen molar-refractivity contribution in [1.29, 1.82) is 0 Å². The lowest BCUT2D eigenvalue weighted by Crippen LogP contribution is -2.24. The van der Waals surface area contributed by atoms with Gasteiger partial charge in [0.05, 0.1) is 5.69 Å². The molecule has 0 fully saturated rings. The standard InChI is InChI=1S/C10H14N2OS/c1-2-14(13)12-6-5-8-7-9(11)3-4-10(8)12/h3-4,7H,2,5-6,11H2,1H3. The van der Waals surface area contributed by atoms with E-state index in [1.54, 1.807) is 0 Å². The van der Waals surface area contributed by atoms with Crippen LogP contribution in [-0.4, -0.2) is 16.5 Å². The molecular weight excluding hydrogens is 196 g/mol. The molecule has 1 unspecified atom stereocenters. The third kappa shape index (κ3) is 1.50. The van der Waals surface area contributed by atoms with Crippen molar-refractivity contribution in [2.45, 2.75) is 13.3 Å². The maximum absolute atomic E-state index is 11.7. The Labute approximate surface area is 86.5 Å². The van der Waals surface area contributed by atoms with Crippen LogP contribution in [0.4, 0.5) is 11.4 Å². The number of anilines is 2. The van der Waals surface area contributed by atoms with Crippen molar-refractivity contribution < 1.29 is 4.21 Å². The first-order chi connectivity index (χ1) is 6.72. The molecule has 0 saturated carbocycles. The number of nitrogen functional groups attached to an aromatic ring is 1. The largest absolute Gasteiger partial charge is 0.399 e. The quantitative estimate of drug-likeness (QED) is 0.748. The molecule has 2 rings (SSSR count). The molecule has 1 aliphatic heterocycles. The molecule has 0 bridgehead atoms. The van der Waals surface area contributed by atoms with Gasteiger partial charge in [0.25, 0.3) is 0 Å². The molecule has 1 atom stereocenters. The summed E-state index contributed by atoms with van der Waals surface area (Å²) in [6.45, 7) is 2.78. The van der Waals surface area contributed by atoms with Gasteiger partial charge in [-0.05, 0) is 30.2 Å². The van der Waals surface area contributed by atoms with Gasteiger partial charge in [0.15, 0.2) is 0 Å². The molecule has 3 nitrogen and oxygen atoms in total. The van der Waals surface area contributed by atoms with Crippen molar-refractivity contribution in [3.8, 4) is 0 Å². The summed E-state index contributed by atoms with van der Waals surface area (Å²) < 4.78 is 13.6. The number of benzene rings is 1. The highest BCUT2D eigenvalue weighted by Gasteiger charge is 2.22. The molecule has 0 radical (unpaired) electrons. The van der Waals surface area contributed by atoms with Crippen LogP contribution in [0, 0.1) is 0 Å². The Kier molecular flexibility index (Phi) is 2.46. The monoisotopic (exact) mass is 210 g/mol. The Bertz CT molecular complexity index is 378. The van der Waals surface area contributed by atoms with E-state index in [9.17, 15) is 4.21 Å². The summed E-state index contributed by atoms with van der Waals surface area (Å²) in [6.07, 6.45) is 0.951. The van der Waals surface area contributed by atoms with Crippen LogP contribution < -0.4 is 10.0 Å². The molecule has 2 N–H and O–H groups in total. The Morgan fingerprint density at radius 3 is 3.07 bits per heavy atom. The van der Waals surface area contributed by atoms with Gasteiger partial charge >= 0.3 is 0 Å². The van der Waals surface area contributed by atoms with E-state index in [1.165, 1.54) is 5.56 Å². The number of rotatable bonds is 2. The van der Waals surface area contributed by atoms with Crippen LogP contribution in [0.25, 0.3) is 0 Å². The second-order valence-corrected chi connectivity index (χ2v) is 5.01. The summed E-state index contributed by atoms with van der Waals surface area (Å²) in [7, 11) is -0.878. The van der Waals surface area contributed by atoms with Crippen LogP contribution in [0.1, 0.15) is 12.5 Å². The van der Waals surface area contributed by atoms with Crippen LogP contribution in [-0.2, 0) is 17.4 Å². The third-order valence-corrected chi connectivity index (χ3v) is 3.81. The average molecular weight is 210 g/mol. The second kappa shape index (κ2) is 3.61. The first-order valence-corrected chi connectivity index (χ1v) is 6.04. The second-order valence-electron chi connectivity index (χ2n) is 3.35. The summed E-state index contributed by atoms with van der Waals surface area (Å²) >= 11 is 0. The van der Waals surface area contributed by atoms with Crippen molar-refractivity contribution >= 4 is 22.4 Å². The fourth-order valence-corrected chi connectivity index (χ4v) is 2.76. The molecule has 0 spiro atoms. The number of nitrogens with zero attached hydrogens (tertiary/aromatic N) is 1. The van der Waals surface area contributed by atoms with Crippen LogP contribution in [0.3, 0.4) is 0 Å². The van der Waals surface area contributed by atoms with Gasteiger partial charge in [-0.2, -0.15) is 0 Å². The summed E-state index contributed by atoms with van der Waals surface area (Å²) in [5.74, 6) is 0.670. The fourth-order valence-electron chi connectivity index (χ4n) is 1.76. The molecule has 0 aliphatic carbocycles. The highest BCUT2D eigenvalue weighted by atomic mass is 32.2. The maximum Gasteiger partial charge on any atom is 0.119 e. The molecule has 0 amide bonds. The molecule has 0 aromatic heterocycles. The number of nitrogens with two attached hydrogens (primary N) is 1. The maximum atomic E-state index is 11.7. The average Bonchev–Trinajstić information content (AvgIpc) is 2.59. The molecular formula is C10H14N2OS. The van der Waals surface area contributed by atoms with E-state index in [1.807, 2.05) is 29.4 Å². The van der Waals surface area contributed by atoms with Crippen molar-refractivity contribution in [1.82, 2.24) is 0 Å². The van der Waals surface area contributed by atoms with Crippen molar-refractivity contribution in [3.05, 3.63) is 23.8 Å². The predicted molar refractivity (Wildman–Crippen MR) is 60.6 cm³/mol. The summed E-state index contributed by atoms with van der Waals surface area (Å²) in [6, 6.07) is 5.80. The van der Waals surface area contributed by atoms with Crippen LogP contribution in [0.15, 0.2) is 18.2 Å². The number of fused-ring (bicyclic) bond motifs is 1. The fraction of sp³-hybridized carbons (Fsp3) is 0.400. The van der Waals surface area contributed by atoms with E-state index in [0.29, 0.717) is 5.75 Å². The molecule has 4 heteroatoms. The highest BCUT2D eigenvalue weighted by molar-refractivity contribution is 7.86. The van der Waals surface area contributed by atoms with Gasteiger partial charge < -0.3 is 5.73 Å². The van der Waals surface area contributed by atoms with E-state index in [2.05, 4.69) is 0 Å². The molecule has 1 aromatic rings. The first kappa shape index (κ1) is 9.52. The van der Waals surface area contributed by atoms with Gasteiger partial charge in [0.2, 0.25) is 0 Å². The summed E-state index contributed by atoms with van der Waals surface area (Å²) in [5, 5.41) is 0. The zero-order valence-electron chi connectivity index (χ0n) is 8.19. The van der Waals surface area contributed by atoms with Crippen molar-refractivity contribution in [3.63, 3.8) is 0 Å². The minimum Gasteiger partial charge on any atom is -0.399 e. The van der Waals surface area contributed by atoms with Gasteiger partial charge in [-0.3, -0.25) is 4.31 Å². The number of hydrogen-bond donors (Lipinski definition) is 1. The predicted octanol–water partition coefficient (Wildman–Crippen LogP) is 1.31. The Balaban J connectivity index is 2.35. The summed E-state index contributed by atoms with van der Waals surface area (Å²) in [5.41, 5.74) is 8.77. The summed E-state index contributed by atoms with van der Waals surface area (Å²) in [4.78, 5) is 0. The SMILES string of the molecule is CCS(=O)N1CCc2cc(N)ccc21. The van der Waals surface area contributed by atoms with Gasteiger partial charge in [0.1, 0.15) is 11.0 Å². The molecule has 14 heavy (non-hydrogen) atoms. The van der Waals surface area contributed by atoms with E-state index in [-0.39, 0.29) is 0 Å². The van der Waals surface area contributed by atoms with E-state index < -0.39 is 11.0 Å². The molecule has 76 valence electrons. The van der Waals surface area contributed by atoms with Gasteiger partial charge in [0, 0.05) is 18.0 Å². The Morgan fingerprint density at radius 2 is 2.36 bits per heavy atom. The normalized spacial score (nSPS) is 16.8. The van der Waals surface area contributed by atoms with Crippen LogP contribution in [0.5, 0.6) is 0 Å². The van der Waals surface area contributed by atoms with E-state index >= 15 is 0 Å². The van der Waals surface area contributed by atoms with Crippen molar-refractivity contribution in [2.75, 3.05) is 22.3 Å². The molecule has 1 heterocycles. The molecule has 0 saturated heterocycles. The van der Waals surface area contributed by atoms with E-state index in [0.717, 1.165) is 24.3 Å². The topological polar surface area (TPSA) is 46.3 Å². The van der Waals surface area contributed by atoms with Crippen LogP contribution >= 0.6 is 0 Å². The molecule has 1 aromatic carbocycles. The molecule has 1 aliphatic rings. The van der Waals surface area contributed by atoms with Gasteiger partial charge in [-0.15, -0.1) is 0 Å². The van der Waals surface area contributed by atoms with Gasteiger partial charge in [-0.1, -0.05) is 6.92 Å². The lowest BCUT2D eigenvalue weighted by atomic mass is 10.1. The van der Waals surface area contributed by atoms with E-state index in [4.69, 9.17) is 5.73 Å². The zero-order valence-corrected chi connectivity index (χ0v) is 9.01. The Morgan fingerprint density at radius 1 is 1.57 bits per heavy atom.